The van der Waals surface area contributed by atoms with Gasteiger partial charge in [-0.1, -0.05) is 11.2 Å². The van der Waals surface area contributed by atoms with E-state index in [1.165, 1.54) is 7.11 Å². The summed E-state index contributed by atoms with van der Waals surface area (Å²) in [4.78, 5) is 18.8. The number of rotatable bonds is 7. The number of alkyl halides is 3. The van der Waals surface area contributed by atoms with Crippen LogP contribution in [0.4, 0.5) is 13.2 Å². The van der Waals surface area contributed by atoms with Crippen molar-refractivity contribution >= 4 is 17.5 Å². The molecule has 1 rings (SSSR count). The van der Waals surface area contributed by atoms with E-state index in [1.54, 1.807) is 6.08 Å². The Kier molecular flexibility index (Phi) is 10.4. The molecule has 5 nitrogen and oxygen atoms in total. The van der Waals surface area contributed by atoms with Crippen molar-refractivity contribution in [3.8, 4) is 6.07 Å². The SMILES string of the molecule is C=CCC(C#N)(SCCC(F)(F)F)C1CCC(=NOC)CC1.O=O. The van der Waals surface area contributed by atoms with Crippen molar-refractivity contribution in [2.75, 3.05) is 12.9 Å². The molecular formula is C15H21F3N2O3S. The maximum absolute atomic E-state index is 12.4. The lowest BCUT2D eigenvalue weighted by molar-refractivity contribution is -0.129. The number of thioether (sulfide) groups is 1. The van der Waals surface area contributed by atoms with E-state index in [0.717, 1.165) is 43.2 Å². The van der Waals surface area contributed by atoms with Gasteiger partial charge in [-0.2, -0.15) is 18.4 Å². The second-order valence-corrected chi connectivity index (χ2v) is 6.75. The lowest BCUT2D eigenvalue weighted by atomic mass is 9.78. The molecule has 1 saturated carbocycles. The average Bonchev–Trinajstić information content (AvgIpc) is 2.56. The Balaban J connectivity index is 0.00000254. The molecule has 1 atom stereocenters. The lowest BCUT2D eigenvalue weighted by Crippen LogP contribution is -2.36. The van der Waals surface area contributed by atoms with Crippen LogP contribution in [0.25, 0.3) is 0 Å². The molecule has 1 fully saturated rings. The first-order valence-electron chi connectivity index (χ1n) is 7.35. The van der Waals surface area contributed by atoms with Crippen molar-refractivity contribution in [3.63, 3.8) is 0 Å². The van der Waals surface area contributed by atoms with Gasteiger partial charge >= 0.3 is 6.18 Å². The van der Waals surface area contributed by atoms with Gasteiger partial charge in [0.1, 0.15) is 11.9 Å². The zero-order valence-corrected chi connectivity index (χ0v) is 14.3. The van der Waals surface area contributed by atoms with Crippen LogP contribution in [0.15, 0.2) is 17.8 Å². The molecule has 0 aliphatic heterocycles. The topological polar surface area (TPSA) is 79.5 Å². The molecule has 0 aromatic heterocycles. The molecule has 1 aliphatic carbocycles. The molecule has 0 heterocycles. The minimum atomic E-state index is -4.19. The van der Waals surface area contributed by atoms with Crippen molar-refractivity contribution in [2.45, 2.75) is 49.4 Å². The maximum Gasteiger partial charge on any atom is 0.389 e. The second kappa shape index (κ2) is 11.1. The summed E-state index contributed by atoms with van der Waals surface area (Å²) in [5, 5.41) is 13.5. The molecule has 1 aliphatic rings. The minimum absolute atomic E-state index is 0.0459. The Bertz CT molecular complexity index is 456. The fraction of sp³-hybridized carbons (Fsp3) is 0.733. The van der Waals surface area contributed by atoms with E-state index in [-0.39, 0.29) is 11.7 Å². The molecule has 0 spiro atoms. The fourth-order valence-corrected chi connectivity index (χ4v) is 4.18. The Hall–Kier alpha value is -1.56. The van der Waals surface area contributed by atoms with Gasteiger partial charge < -0.3 is 4.84 Å². The molecule has 0 saturated heterocycles. The highest BCUT2D eigenvalue weighted by Crippen LogP contribution is 2.44. The van der Waals surface area contributed by atoms with E-state index < -0.39 is 17.3 Å². The average molecular weight is 366 g/mol. The van der Waals surface area contributed by atoms with E-state index in [1.807, 2.05) is 0 Å². The first kappa shape index (κ1) is 22.4. The first-order valence-corrected chi connectivity index (χ1v) is 8.34. The van der Waals surface area contributed by atoms with E-state index in [9.17, 15) is 18.4 Å². The number of nitriles is 1. The summed E-state index contributed by atoms with van der Waals surface area (Å²) in [6.45, 7) is 3.66. The molecule has 0 bridgehead atoms. The Morgan fingerprint density at radius 3 is 2.42 bits per heavy atom. The van der Waals surface area contributed by atoms with Gasteiger partial charge in [0.25, 0.3) is 0 Å². The number of hydrogen-bond donors (Lipinski definition) is 0. The molecule has 0 N–H and O–H groups in total. The molecule has 0 amide bonds. The summed E-state index contributed by atoms with van der Waals surface area (Å²) in [6.07, 6.45) is -0.117. The number of allylic oxidation sites excluding steroid dienone is 1. The van der Waals surface area contributed by atoms with Crippen molar-refractivity contribution < 1.29 is 18.0 Å². The predicted octanol–water partition coefficient (Wildman–Crippen LogP) is 4.77. The number of nitrogens with zero attached hydrogens (tertiary/aromatic N) is 2. The normalized spacial score (nSPS) is 20.0. The monoisotopic (exact) mass is 366 g/mol. The van der Waals surface area contributed by atoms with Crippen LogP contribution in [0.5, 0.6) is 0 Å². The number of hydrogen-bond acceptors (Lipinski definition) is 6. The third kappa shape index (κ3) is 7.34. The van der Waals surface area contributed by atoms with Crippen molar-refractivity contribution in [1.82, 2.24) is 0 Å². The predicted molar refractivity (Wildman–Crippen MR) is 89.4 cm³/mol. The van der Waals surface area contributed by atoms with E-state index >= 15 is 0 Å². The first-order chi connectivity index (χ1) is 11.4. The standard InChI is InChI=1S/C15H21F3N2OS.O2/c1-3-8-14(11-19,22-10-9-15(16,17)18)12-4-6-13(7-5-12)20-21-2;1-2/h3,12H,1,4-10H2,2H3;. The second-order valence-electron chi connectivity index (χ2n) is 5.32. The van der Waals surface area contributed by atoms with E-state index in [0.29, 0.717) is 6.42 Å². The van der Waals surface area contributed by atoms with Crippen LogP contribution in [0.2, 0.25) is 0 Å². The molecule has 136 valence electrons. The third-order valence-electron chi connectivity index (χ3n) is 3.82. The van der Waals surface area contributed by atoms with Crippen LogP contribution < -0.4 is 0 Å². The number of oxime groups is 1. The number of halogens is 3. The van der Waals surface area contributed by atoms with Crippen LogP contribution in [-0.4, -0.2) is 29.5 Å². The van der Waals surface area contributed by atoms with Crippen molar-refractivity contribution in [3.05, 3.63) is 22.6 Å². The third-order valence-corrected chi connectivity index (χ3v) is 5.34. The molecule has 0 aromatic rings. The van der Waals surface area contributed by atoms with Crippen LogP contribution in [0.1, 0.15) is 38.5 Å². The molecular weight excluding hydrogens is 345 g/mol. The lowest BCUT2D eigenvalue weighted by Gasteiger charge is -2.36. The summed E-state index contributed by atoms with van der Waals surface area (Å²) in [5.41, 5.74) is 0.949. The smallest absolute Gasteiger partial charge is 0.389 e. The molecule has 0 aromatic carbocycles. The highest BCUT2D eigenvalue weighted by molar-refractivity contribution is 8.00. The van der Waals surface area contributed by atoms with Crippen LogP contribution >= 0.6 is 11.8 Å². The van der Waals surface area contributed by atoms with E-state index in [2.05, 4.69) is 17.8 Å². The van der Waals surface area contributed by atoms with Gasteiger partial charge in [0.05, 0.1) is 18.2 Å². The Labute approximate surface area is 143 Å². The Morgan fingerprint density at radius 2 is 2.00 bits per heavy atom. The minimum Gasteiger partial charge on any atom is -0.399 e. The molecule has 24 heavy (non-hydrogen) atoms. The zero-order valence-electron chi connectivity index (χ0n) is 13.5. The summed E-state index contributed by atoms with van der Waals surface area (Å²) in [7, 11) is 1.49. The maximum atomic E-state index is 12.4. The van der Waals surface area contributed by atoms with Gasteiger partial charge in [-0.25, -0.2) is 0 Å². The van der Waals surface area contributed by atoms with Crippen molar-refractivity contribution in [2.24, 2.45) is 11.1 Å². The summed E-state index contributed by atoms with van der Waals surface area (Å²) >= 11 is 1.12. The van der Waals surface area contributed by atoms with Crippen LogP contribution in [0.3, 0.4) is 0 Å². The molecule has 1 unspecified atom stereocenters. The van der Waals surface area contributed by atoms with Crippen LogP contribution in [0, 0.1) is 27.2 Å². The largest absolute Gasteiger partial charge is 0.399 e. The van der Waals surface area contributed by atoms with Crippen molar-refractivity contribution in [1.29, 1.82) is 5.26 Å². The summed E-state index contributed by atoms with van der Waals surface area (Å²) < 4.78 is 36.2. The molecule has 0 radical (unpaired) electrons. The van der Waals surface area contributed by atoms with Gasteiger partial charge in [-0.05, 0) is 38.0 Å². The highest BCUT2D eigenvalue weighted by Gasteiger charge is 2.41. The zero-order chi connectivity index (χ0) is 18.6. The van der Waals surface area contributed by atoms with Gasteiger partial charge in [0, 0.05) is 15.7 Å². The van der Waals surface area contributed by atoms with Crippen LogP contribution in [-0.2, 0) is 4.84 Å². The highest BCUT2D eigenvalue weighted by atomic mass is 32.2. The summed E-state index contributed by atoms with van der Waals surface area (Å²) in [5.74, 6) is -0.0509. The fourth-order valence-electron chi connectivity index (χ4n) is 2.71. The van der Waals surface area contributed by atoms with E-state index in [4.69, 9.17) is 14.8 Å². The molecule has 9 heteroatoms. The van der Waals surface area contributed by atoms with Gasteiger partial charge in [-0.3, -0.25) is 0 Å². The van der Waals surface area contributed by atoms with Gasteiger partial charge in [0.15, 0.2) is 0 Å². The summed E-state index contributed by atoms with van der Waals surface area (Å²) in [6, 6.07) is 2.27. The quantitative estimate of drug-likeness (QED) is 0.479. The van der Waals surface area contributed by atoms with Gasteiger partial charge in [-0.15, -0.1) is 18.3 Å². The van der Waals surface area contributed by atoms with Gasteiger partial charge in [0.2, 0.25) is 0 Å². The Morgan fingerprint density at radius 1 is 1.42 bits per heavy atom.